The minimum Gasteiger partial charge on any atom is -0.338 e. The van der Waals surface area contributed by atoms with Crippen molar-refractivity contribution in [2.24, 2.45) is 0 Å². The molecule has 0 bridgehead atoms. The van der Waals surface area contributed by atoms with E-state index < -0.39 is 0 Å². The predicted octanol–water partition coefficient (Wildman–Crippen LogP) is 4.32. The number of carbonyl (C=O) groups excluding carboxylic acids is 1. The molecule has 0 aliphatic carbocycles. The van der Waals surface area contributed by atoms with Crippen LogP contribution in [-0.2, 0) is 0 Å². The second kappa shape index (κ2) is 7.18. The van der Waals surface area contributed by atoms with Gasteiger partial charge in [0.05, 0.1) is 11.9 Å². The Kier molecular flexibility index (Phi) is 4.81. The van der Waals surface area contributed by atoms with E-state index in [1.807, 2.05) is 24.3 Å². The van der Waals surface area contributed by atoms with Gasteiger partial charge in [-0.1, -0.05) is 12.1 Å². The van der Waals surface area contributed by atoms with Crippen LogP contribution >= 0.6 is 15.9 Å². The minimum atomic E-state index is 0.0269. The first kappa shape index (κ1) is 16.1. The highest BCUT2D eigenvalue weighted by Crippen LogP contribution is 2.24. The number of nitrogens with one attached hydrogen (secondary N) is 2. The summed E-state index contributed by atoms with van der Waals surface area (Å²) in [5.41, 5.74) is 2.32. The van der Waals surface area contributed by atoms with Gasteiger partial charge in [-0.05, 0) is 59.3 Å². The number of anilines is 4. The summed E-state index contributed by atoms with van der Waals surface area (Å²) in [6.45, 7) is 1.53. The molecule has 24 heavy (non-hydrogen) atoms. The molecule has 3 aromatic rings. The highest BCUT2D eigenvalue weighted by molar-refractivity contribution is 9.10. The number of aromatic nitrogens is 3. The number of carbonyl (C=O) groups is 1. The number of ketones is 1. The van der Waals surface area contributed by atoms with Gasteiger partial charge in [-0.2, -0.15) is 10.1 Å². The third-order valence-electron chi connectivity index (χ3n) is 3.24. The molecule has 120 valence electrons. The Morgan fingerprint density at radius 2 is 1.79 bits per heavy atom. The van der Waals surface area contributed by atoms with Gasteiger partial charge in [-0.25, -0.2) is 0 Å². The smallest absolute Gasteiger partial charge is 0.249 e. The van der Waals surface area contributed by atoms with Gasteiger partial charge in [0.15, 0.2) is 11.6 Å². The molecule has 6 nitrogen and oxygen atoms in total. The summed E-state index contributed by atoms with van der Waals surface area (Å²) >= 11 is 3.47. The van der Waals surface area contributed by atoms with Crippen LogP contribution in [0.25, 0.3) is 0 Å². The van der Waals surface area contributed by atoms with Crippen LogP contribution in [0.15, 0.2) is 59.2 Å². The van der Waals surface area contributed by atoms with Gasteiger partial charge in [0.25, 0.3) is 0 Å². The molecule has 2 N–H and O–H groups in total. The zero-order valence-corrected chi connectivity index (χ0v) is 14.4. The average molecular weight is 384 g/mol. The zero-order chi connectivity index (χ0) is 16.9. The van der Waals surface area contributed by atoms with E-state index in [4.69, 9.17) is 0 Å². The summed E-state index contributed by atoms with van der Waals surface area (Å²) in [6.07, 6.45) is 1.55. The molecule has 0 fully saturated rings. The first-order chi connectivity index (χ1) is 11.6. The first-order valence-electron chi connectivity index (χ1n) is 7.21. The number of rotatable bonds is 5. The molecule has 0 amide bonds. The third-order valence-corrected chi connectivity index (χ3v) is 3.93. The highest BCUT2D eigenvalue weighted by atomic mass is 79.9. The van der Waals surface area contributed by atoms with E-state index >= 15 is 0 Å². The molecular formula is C17H14BrN5O. The largest absolute Gasteiger partial charge is 0.338 e. The molecule has 1 heterocycles. The molecule has 7 heteroatoms. The van der Waals surface area contributed by atoms with Crippen molar-refractivity contribution in [3.8, 4) is 0 Å². The predicted molar refractivity (Wildman–Crippen MR) is 97.0 cm³/mol. The van der Waals surface area contributed by atoms with E-state index in [1.165, 1.54) is 6.92 Å². The van der Waals surface area contributed by atoms with Crippen LogP contribution in [0.5, 0.6) is 0 Å². The monoisotopic (exact) mass is 383 g/mol. The quantitative estimate of drug-likeness (QED) is 0.638. The molecule has 0 saturated heterocycles. The lowest BCUT2D eigenvalue weighted by molar-refractivity contribution is 0.101. The maximum Gasteiger partial charge on any atom is 0.249 e. The summed E-state index contributed by atoms with van der Waals surface area (Å²) in [4.78, 5) is 15.7. The van der Waals surface area contributed by atoms with E-state index in [9.17, 15) is 4.79 Å². The van der Waals surface area contributed by atoms with E-state index in [0.717, 1.165) is 15.8 Å². The molecule has 0 radical (unpaired) electrons. The molecule has 0 spiro atoms. The summed E-state index contributed by atoms with van der Waals surface area (Å²) in [7, 11) is 0. The number of para-hydroxylation sites is 1. The highest BCUT2D eigenvalue weighted by Gasteiger charge is 2.05. The van der Waals surface area contributed by atoms with Gasteiger partial charge < -0.3 is 10.6 Å². The lowest BCUT2D eigenvalue weighted by Gasteiger charge is -2.09. The van der Waals surface area contributed by atoms with E-state index in [0.29, 0.717) is 17.3 Å². The molecule has 3 rings (SSSR count). The van der Waals surface area contributed by atoms with Crippen molar-refractivity contribution in [3.63, 3.8) is 0 Å². The zero-order valence-electron chi connectivity index (χ0n) is 12.8. The van der Waals surface area contributed by atoms with Crippen LogP contribution in [0.2, 0.25) is 0 Å². The first-order valence-corrected chi connectivity index (χ1v) is 8.00. The molecule has 0 aliphatic heterocycles. The van der Waals surface area contributed by atoms with Gasteiger partial charge in [0.2, 0.25) is 5.95 Å². The van der Waals surface area contributed by atoms with Crippen molar-refractivity contribution in [1.82, 2.24) is 15.2 Å². The minimum absolute atomic E-state index is 0.0269. The molecule has 0 saturated carbocycles. The molecule has 0 atom stereocenters. The van der Waals surface area contributed by atoms with Crippen LogP contribution in [-0.4, -0.2) is 21.0 Å². The van der Waals surface area contributed by atoms with Crippen LogP contribution in [0.1, 0.15) is 17.3 Å². The number of hydrogen-bond donors (Lipinski definition) is 2. The second-order valence-electron chi connectivity index (χ2n) is 5.03. The van der Waals surface area contributed by atoms with Crippen molar-refractivity contribution in [2.75, 3.05) is 10.6 Å². The topological polar surface area (TPSA) is 79.8 Å². The lowest BCUT2D eigenvalue weighted by Crippen LogP contribution is -2.03. The molecule has 1 aromatic heterocycles. The van der Waals surface area contributed by atoms with Crippen molar-refractivity contribution in [1.29, 1.82) is 0 Å². The Labute approximate surface area is 147 Å². The summed E-state index contributed by atoms with van der Waals surface area (Å²) < 4.78 is 0.929. The summed E-state index contributed by atoms with van der Waals surface area (Å²) in [5, 5.41) is 14.2. The van der Waals surface area contributed by atoms with Crippen molar-refractivity contribution >= 4 is 44.9 Å². The molecule has 0 aliphatic rings. The maximum atomic E-state index is 11.3. The molecule has 2 aromatic carbocycles. The Morgan fingerprint density at radius 1 is 1.04 bits per heavy atom. The normalized spacial score (nSPS) is 10.2. The van der Waals surface area contributed by atoms with Crippen molar-refractivity contribution in [3.05, 3.63) is 64.8 Å². The maximum absolute atomic E-state index is 11.3. The fraction of sp³-hybridized carbons (Fsp3) is 0.0588. The fourth-order valence-corrected chi connectivity index (χ4v) is 2.42. The average Bonchev–Trinajstić information content (AvgIpc) is 2.58. The Morgan fingerprint density at radius 3 is 2.50 bits per heavy atom. The molecule has 0 unspecified atom stereocenters. The van der Waals surface area contributed by atoms with E-state index in [-0.39, 0.29) is 5.78 Å². The second-order valence-corrected chi connectivity index (χ2v) is 5.88. The van der Waals surface area contributed by atoms with E-state index in [2.05, 4.69) is 41.7 Å². The molecular weight excluding hydrogens is 370 g/mol. The number of hydrogen-bond acceptors (Lipinski definition) is 6. The Balaban J connectivity index is 1.75. The van der Waals surface area contributed by atoms with Crippen molar-refractivity contribution in [2.45, 2.75) is 6.92 Å². The fourth-order valence-electron chi connectivity index (χ4n) is 2.03. The summed E-state index contributed by atoms with van der Waals surface area (Å²) in [6, 6.07) is 14.8. The van der Waals surface area contributed by atoms with Crippen molar-refractivity contribution < 1.29 is 4.79 Å². The Hall–Kier alpha value is -2.80. The van der Waals surface area contributed by atoms with E-state index in [1.54, 1.807) is 30.5 Å². The van der Waals surface area contributed by atoms with Crippen LogP contribution in [0.4, 0.5) is 23.1 Å². The Bertz CT molecular complexity index is 867. The van der Waals surface area contributed by atoms with Gasteiger partial charge in [-0.3, -0.25) is 4.79 Å². The standard InChI is InChI=1S/C17H14BrN5O/c1-11(24)12-6-8-13(9-7-12)20-17-22-16(10-19-23-17)21-15-5-3-2-4-14(15)18/h2-10H,1H3,(H2,20,21,22,23). The van der Waals surface area contributed by atoms with Crippen LogP contribution < -0.4 is 10.6 Å². The number of Topliss-reactive ketones (excluding diaryl/α,β-unsaturated/α-hetero) is 1. The lowest BCUT2D eigenvalue weighted by atomic mass is 10.1. The summed E-state index contributed by atoms with van der Waals surface area (Å²) in [5.74, 6) is 0.960. The van der Waals surface area contributed by atoms with Gasteiger partial charge >= 0.3 is 0 Å². The number of halogens is 1. The SMILES string of the molecule is CC(=O)c1ccc(Nc2nncc(Nc3ccccc3Br)n2)cc1. The van der Waals surface area contributed by atoms with Crippen LogP contribution in [0, 0.1) is 0 Å². The third kappa shape index (κ3) is 3.94. The number of benzene rings is 2. The van der Waals surface area contributed by atoms with Gasteiger partial charge in [0, 0.05) is 15.7 Å². The van der Waals surface area contributed by atoms with Crippen LogP contribution in [0.3, 0.4) is 0 Å². The van der Waals surface area contributed by atoms with Gasteiger partial charge in [0.1, 0.15) is 0 Å². The number of nitrogens with zero attached hydrogens (tertiary/aromatic N) is 3. The van der Waals surface area contributed by atoms with Gasteiger partial charge in [-0.15, -0.1) is 5.10 Å².